The number of carbonyl (C=O) groups excluding carboxylic acids is 1. The lowest BCUT2D eigenvalue weighted by Crippen LogP contribution is -2.27. The third-order valence-electron chi connectivity index (χ3n) is 1.37. The molecule has 0 rings (SSSR count). The van der Waals surface area contributed by atoms with Gasteiger partial charge in [0.1, 0.15) is 0 Å². The van der Waals surface area contributed by atoms with Crippen molar-refractivity contribution in [2.75, 3.05) is 6.61 Å². The zero-order chi connectivity index (χ0) is 10.4. The number of esters is 1. The van der Waals surface area contributed by atoms with E-state index >= 15 is 0 Å². The van der Waals surface area contributed by atoms with Crippen LogP contribution in [0.25, 0.3) is 0 Å². The van der Waals surface area contributed by atoms with E-state index < -0.39 is 6.10 Å². The Labute approximate surface area is 80.4 Å². The van der Waals surface area contributed by atoms with Crippen molar-refractivity contribution < 1.29 is 14.3 Å². The van der Waals surface area contributed by atoms with Crippen LogP contribution < -0.4 is 0 Å². The molecule has 13 heavy (non-hydrogen) atoms. The summed E-state index contributed by atoms with van der Waals surface area (Å²) in [6.07, 6.45) is -0.402. The third-order valence-corrected chi connectivity index (χ3v) is 1.37. The van der Waals surface area contributed by atoms with Gasteiger partial charge in [0.05, 0.1) is 12.7 Å². The molecule has 0 bridgehead atoms. The maximum absolute atomic E-state index is 11.2. The molecule has 0 aromatic rings. The molecule has 0 heterocycles. The first-order valence-electron chi connectivity index (χ1n) is 4.75. The Morgan fingerprint density at radius 1 is 1.15 bits per heavy atom. The largest absolute Gasteiger partial charge is 0.464 e. The summed E-state index contributed by atoms with van der Waals surface area (Å²) in [7, 11) is 0. The Balaban J connectivity index is 3.69. The highest BCUT2D eigenvalue weighted by atomic mass is 16.6. The van der Waals surface area contributed by atoms with E-state index in [1.54, 1.807) is 6.92 Å². The molecule has 1 unspecified atom stereocenters. The Morgan fingerprint density at radius 3 is 2.08 bits per heavy atom. The fourth-order valence-corrected chi connectivity index (χ4v) is 0.830. The lowest BCUT2D eigenvalue weighted by Gasteiger charge is -2.15. The van der Waals surface area contributed by atoms with Crippen molar-refractivity contribution in [3.05, 3.63) is 0 Å². The Morgan fingerprint density at radius 2 is 1.69 bits per heavy atom. The smallest absolute Gasteiger partial charge is 0.334 e. The van der Waals surface area contributed by atoms with E-state index in [2.05, 4.69) is 0 Å². The standard InChI is InChI=1S/C10H20O3/c1-7(2)6-12-10(11)9(5)13-8(3)4/h7-9H,6H2,1-5H3. The van der Waals surface area contributed by atoms with E-state index in [1.807, 2.05) is 27.7 Å². The topological polar surface area (TPSA) is 35.5 Å². The van der Waals surface area contributed by atoms with E-state index in [0.717, 1.165) is 0 Å². The van der Waals surface area contributed by atoms with Crippen LogP contribution in [0.5, 0.6) is 0 Å². The first kappa shape index (κ1) is 12.4. The summed E-state index contributed by atoms with van der Waals surface area (Å²) in [5.74, 6) is 0.0950. The van der Waals surface area contributed by atoms with Gasteiger partial charge in [0.25, 0.3) is 0 Å². The minimum Gasteiger partial charge on any atom is -0.464 e. The summed E-state index contributed by atoms with van der Waals surface area (Å²) in [5, 5.41) is 0. The van der Waals surface area contributed by atoms with E-state index in [0.29, 0.717) is 12.5 Å². The number of rotatable bonds is 5. The van der Waals surface area contributed by atoms with Gasteiger partial charge in [0.15, 0.2) is 6.10 Å². The van der Waals surface area contributed by atoms with Crippen LogP contribution in [0, 0.1) is 5.92 Å². The van der Waals surface area contributed by atoms with E-state index in [4.69, 9.17) is 9.47 Å². The minimum absolute atomic E-state index is 0.0570. The zero-order valence-electron chi connectivity index (χ0n) is 9.16. The molecule has 0 aromatic carbocycles. The molecule has 0 saturated carbocycles. The van der Waals surface area contributed by atoms with Crippen LogP contribution in [0.2, 0.25) is 0 Å². The van der Waals surface area contributed by atoms with Gasteiger partial charge in [-0.3, -0.25) is 0 Å². The van der Waals surface area contributed by atoms with Crippen LogP contribution in [0.3, 0.4) is 0 Å². The van der Waals surface area contributed by atoms with Gasteiger partial charge < -0.3 is 9.47 Å². The molecule has 0 aromatic heterocycles. The maximum Gasteiger partial charge on any atom is 0.334 e. The average molecular weight is 188 g/mol. The lowest BCUT2D eigenvalue weighted by atomic mass is 10.2. The summed E-state index contributed by atoms with van der Waals surface area (Å²) >= 11 is 0. The molecule has 1 atom stereocenters. The molecule has 0 fully saturated rings. The summed E-state index contributed by atoms with van der Waals surface area (Å²) in [5.41, 5.74) is 0. The normalized spacial score (nSPS) is 13.5. The van der Waals surface area contributed by atoms with Gasteiger partial charge in [-0.2, -0.15) is 0 Å². The molecule has 0 N–H and O–H groups in total. The number of hydrogen-bond donors (Lipinski definition) is 0. The summed E-state index contributed by atoms with van der Waals surface area (Å²) in [6, 6.07) is 0. The van der Waals surface area contributed by atoms with Crippen molar-refractivity contribution in [1.29, 1.82) is 0 Å². The third kappa shape index (κ3) is 6.58. The van der Waals surface area contributed by atoms with Crippen LogP contribution in [0.4, 0.5) is 0 Å². The number of hydrogen-bond acceptors (Lipinski definition) is 3. The monoisotopic (exact) mass is 188 g/mol. The second-order valence-electron chi connectivity index (χ2n) is 3.85. The highest BCUT2D eigenvalue weighted by Gasteiger charge is 2.16. The second kappa shape index (κ2) is 5.97. The van der Waals surface area contributed by atoms with E-state index in [-0.39, 0.29) is 12.1 Å². The first-order valence-corrected chi connectivity index (χ1v) is 4.75. The zero-order valence-corrected chi connectivity index (χ0v) is 9.16. The first-order chi connectivity index (χ1) is 5.93. The molecule has 0 aliphatic rings. The molecule has 0 radical (unpaired) electrons. The highest BCUT2D eigenvalue weighted by molar-refractivity contribution is 5.74. The molecule has 3 nitrogen and oxygen atoms in total. The van der Waals surface area contributed by atoms with Crippen molar-refractivity contribution in [1.82, 2.24) is 0 Å². The van der Waals surface area contributed by atoms with Gasteiger partial charge in [-0.25, -0.2) is 4.79 Å². The van der Waals surface area contributed by atoms with E-state index in [9.17, 15) is 4.79 Å². The van der Waals surface area contributed by atoms with E-state index in [1.165, 1.54) is 0 Å². The molecule has 78 valence electrons. The molecule has 0 amide bonds. The Hall–Kier alpha value is -0.570. The van der Waals surface area contributed by atoms with Crippen LogP contribution >= 0.6 is 0 Å². The molecular formula is C10H20O3. The summed E-state index contributed by atoms with van der Waals surface area (Å²) in [6.45, 7) is 9.97. The molecule has 0 aliphatic carbocycles. The molecule has 0 spiro atoms. The van der Waals surface area contributed by atoms with Crippen LogP contribution in [0.1, 0.15) is 34.6 Å². The van der Waals surface area contributed by atoms with Crippen LogP contribution in [0.15, 0.2) is 0 Å². The fraction of sp³-hybridized carbons (Fsp3) is 0.900. The Bertz CT molecular complexity index is 152. The van der Waals surface area contributed by atoms with Crippen molar-refractivity contribution in [3.63, 3.8) is 0 Å². The van der Waals surface area contributed by atoms with Gasteiger partial charge >= 0.3 is 5.97 Å². The lowest BCUT2D eigenvalue weighted by molar-refractivity contribution is -0.159. The molecule has 0 saturated heterocycles. The van der Waals surface area contributed by atoms with Gasteiger partial charge in [-0.05, 0) is 26.7 Å². The minimum atomic E-state index is -0.459. The quantitative estimate of drug-likeness (QED) is 0.619. The summed E-state index contributed by atoms with van der Waals surface area (Å²) in [4.78, 5) is 11.2. The van der Waals surface area contributed by atoms with Crippen molar-refractivity contribution in [3.8, 4) is 0 Å². The van der Waals surface area contributed by atoms with Gasteiger partial charge in [-0.15, -0.1) is 0 Å². The van der Waals surface area contributed by atoms with Crippen molar-refractivity contribution in [2.24, 2.45) is 5.92 Å². The van der Waals surface area contributed by atoms with Gasteiger partial charge in [0, 0.05) is 0 Å². The van der Waals surface area contributed by atoms with Crippen LogP contribution in [-0.4, -0.2) is 24.8 Å². The predicted molar refractivity (Wildman–Crippen MR) is 51.5 cm³/mol. The average Bonchev–Trinajstić information content (AvgIpc) is 1.98. The van der Waals surface area contributed by atoms with Crippen molar-refractivity contribution in [2.45, 2.75) is 46.8 Å². The molecule has 3 heteroatoms. The molecule has 0 aliphatic heterocycles. The van der Waals surface area contributed by atoms with Crippen molar-refractivity contribution >= 4 is 5.97 Å². The number of ether oxygens (including phenoxy) is 2. The van der Waals surface area contributed by atoms with Gasteiger partial charge in [0.2, 0.25) is 0 Å². The number of carbonyl (C=O) groups is 1. The Kier molecular flexibility index (Phi) is 5.71. The fourth-order valence-electron chi connectivity index (χ4n) is 0.830. The summed E-state index contributed by atoms with van der Waals surface area (Å²) < 4.78 is 10.3. The predicted octanol–water partition coefficient (Wildman–Crippen LogP) is 2.00. The highest BCUT2D eigenvalue weighted by Crippen LogP contribution is 2.01. The maximum atomic E-state index is 11.2. The second-order valence-corrected chi connectivity index (χ2v) is 3.85. The molecular weight excluding hydrogens is 168 g/mol. The van der Waals surface area contributed by atoms with Gasteiger partial charge in [-0.1, -0.05) is 13.8 Å². The SMILES string of the molecule is CC(C)COC(=O)C(C)OC(C)C. The van der Waals surface area contributed by atoms with Crippen LogP contribution in [-0.2, 0) is 14.3 Å².